The van der Waals surface area contributed by atoms with Gasteiger partial charge in [0.2, 0.25) is 0 Å². The van der Waals surface area contributed by atoms with Gasteiger partial charge in [0.05, 0.1) is 5.92 Å². The summed E-state index contributed by atoms with van der Waals surface area (Å²) >= 11 is 0. The number of carboxylic acids is 1. The maximum Gasteiger partial charge on any atom is 2.00 e. The van der Waals surface area contributed by atoms with Gasteiger partial charge in [-0.25, -0.2) is 0 Å². The van der Waals surface area contributed by atoms with E-state index in [0.717, 1.165) is 25.7 Å². The summed E-state index contributed by atoms with van der Waals surface area (Å²) in [5.74, 6) is -0.627. The van der Waals surface area contributed by atoms with Crippen molar-refractivity contribution in [3.63, 3.8) is 0 Å². The predicted molar refractivity (Wildman–Crippen MR) is 37.6 cm³/mol. The van der Waals surface area contributed by atoms with Gasteiger partial charge < -0.3 is 7.96 Å². The smallest absolute Gasteiger partial charge is 1.00 e. The Kier molecular flexibility index (Phi) is 4.22. The van der Waals surface area contributed by atoms with Crippen molar-refractivity contribution in [1.82, 2.24) is 0 Å². The van der Waals surface area contributed by atoms with Crippen molar-refractivity contribution < 1.29 is 12.8 Å². The first kappa shape index (κ1) is 9.24. The number of carboxylic acid groups (broad SMARTS) is 1. The SMILES string of the molecule is O=C(O)C1CCCC1.[H-].[H-].[Mg+2]. The standard InChI is InChI=1S/C6H10O2.Mg.2H/c7-6(8)5-3-1-2-4-5;;;/h5H,1-4H2,(H,7,8);;;/q;+2;2*-1. The zero-order valence-electron chi connectivity index (χ0n) is 7.47. The van der Waals surface area contributed by atoms with E-state index in [4.69, 9.17) is 5.11 Å². The van der Waals surface area contributed by atoms with Crippen LogP contribution in [0.5, 0.6) is 0 Å². The molecule has 0 atom stereocenters. The van der Waals surface area contributed by atoms with Gasteiger partial charge in [0.25, 0.3) is 0 Å². The van der Waals surface area contributed by atoms with Gasteiger partial charge in [0, 0.05) is 0 Å². The summed E-state index contributed by atoms with van der Waals surface area (Å²) in [6, 6.07) is 0. The molecule has 0 aromatic carbocycles. The Morgan fingerprint density at radius 3 is 2.11 bits per heavy atom. The van der Waals surface area contributed by atoms with Crippen molar-refractivity contribution in [2.45, 2.75) is 25.7 Å². The quantitative estimate of drug-likeness (QED) is 0.554. The number of hydrogen-bond donors (Lipinski definition) is 1. The van der Waals surface area contributed by atoms with Crippen LogP contribution in [0.2, 0.25) is 0 Å². The van der Waals surface area contributed by atoms with E-state index in [9.17, 15) is 4.79 Å². The Bertz CT molecular complexity index is 105. The van der Waals surface area contributed by atoms with Crippen molar-refractivity contribution in [2.75, 3.05) is 0 Å². The second kappa shape index (κ2) is 4.12. The van der Waals surface area contributed by atoms with E-state index in [1.165, 1.54) is 0 Å². The molecule has 0 saturated heterocycles. The molecule has 1 saturated carbocycles. The van der Waals surface area contributed by atoms with Crippen molar-refractivity contribution >= 4 is 29.0 Å². The van der Waals surface area contributed by atoms with Gasteiger partial charge in [-0.1, -0.05) is 12.8 Å². The van der Waals surface area contributed by atoms with E-state index >= 15 is 0 Å². The first-order valence-electron chi connectivity index (χ1n) is 3.03. The Hall–Kier alpha value is 0.236. The van der Waals surface area contributed by atoms with E-state index in [1.54, 1.807) is 0 Å². The topological polar surface area (TPSA) is 37.3 Å². The van der Waals surface area contributed by atoms with Crippen LogP contribution in [0.15, 0.2) is 0 Å². The maximum atomic E-state index is 10.2. The Balaban J connectivity index is -0.000000213. The second-order valence-corrected chi connectivity index (χ2v) is 2.32. The summed E-state index contributed by atoms with van der Waals surface area (Å²) in [7, 11) is 0. The minimum absolute atomic E-state index is 0. The van der Waals surface area contributed by atoms with Crippen LogP contribution in [0.1, 0.15) is 28.5 Å². The van der Waals surface area contributed by atoms with E-state index in [-0.39, 0.29) is 31.8 Å². The molecule has 1 N–H and O–H groups in total. The summed E-state index contributed by atoms with van der Waals surface area (Å²) < 4.78 is 0. The van der Waals surface area contributed by atoms with Crippen LogP contribution in [-0.2, 0) is 4.79 Å². The summed E-state index contributed by atoms with van der Waals surface area (Å²) in [4.78, 5) is 10.2. The van der Waals surface area contributed by atoms with E-state index < -0.39 is 5.97 Å². The minimum atomic E-state index is -0.609. The van der Waals surface area contributed by atoms with Gasteiger partial charge in [-0.3, -0.25) is 4.79 Å². The Labute approximate surface area is 73.8 Å². The molecule has 0 radical (unpaired) electrons. The maximum absolute atomic E-state index is 10.2. The monoisotopic (exact) mass is 140 g/mol. The fourth-order valence-corrected chi connectivity index (χ4v) is 1.17. The molecule has 0 spiro atoms. The van der Waals surface area contributed by atoms with E-state index in [2.05, 4.69) is 0 Å². The first-order valence-corrected chi connectivity index (χ1v) is 3.03. The third kappa shape index (κ3) is 2.54. The first-order chi connectivity index (χ1) is 3.80. The Morgan fingerprint density at radius 1 is 1.44 bits per heavy atom. The predicted octanol–water partition coefficient (Wildman–Crippen LogP) is 1.11. The third-order valence-corrected chi connectivity index (χ3v) is 1.70. The summed E-state index contributed by atoms with van der Waals surface area (Å²) in [5.41, 5.74) is 0. The van der Waals surface area contributed by atoms with Crippen LogP contribution in [-0.4, -0.2) is 34.1 Å². The number of carbonyl (C=O) groups is 1. The van der Waals surface area contributed by atoms with E-state index in [0.29, 0.717) is 0 Å². The molecule has 1 aliphatic carbocycles. The normalized spacial score (nSPS) is 19.1. The molecule has 1 aliphatic rings. The molecule has 0 unspecified atom stereocenters. The van der Waals surface area contributed by atoms with E-state index in [1.807, 2.05) is 0 Å². The number of aliphatic carboxylic acids is 1. The molecule has 1 fully saturated rings. The van der Waals surface area contributed by atoms with Gasteiger partial charge >= 0.3 is 29.0 Å². The molecule has 50 valence electrons. The summed E-state index contributed by atoms with van der Waals surface area (Å²) in [5, 5.41) is 8.41. The van der Waals surface area contributed by atoms with Crippen LogP contribution >= 0.6 is 0 Å². The van der Waals surface area contributed by atoms with Crippen LogP contribution in [0.3, 0.4) is 0 Å². The fraction of sp³-hybridized carbons (Fsp3) is 0.833. The average molecular weight is 140 g/mol. The van der Waals surface area contributed by atoms with Crippen LogP contribution < -0.4 is 0 Å². The van der Waals surface area contributed by atoms with Gasteiger partial charge in [-0.05, 0) is 12.8 Å². The van der Waals surface area contributed by atoms with Crippen LogP contribution in [0.4, 0.5) is 0 Å². The number of rotatable bonds is 1. The van der Waals surface area contributed by atoms with Gasteiger partial charge in [0.15, 0.2) is 0 Å². The molecular formula is C6H12MgO2. The molecule has 2 nitrogen and oxygen atoms in total. The van der Waals surface area contributed by atoms with Gasteiger partial charge in [0.1, 0.15) is 0 Å². The molecule has 0 aromatic rings. The third-order valence-electron chi connectivity index (χ3n) is 1.70. The number of hydrogen-bond acceptors (Lipinski definition) is 1. The van der Waals surface area contributed by atoms with Crippen molar-refractivity contribution in [3.8, 4) is 0 Å². The molecule has 0 heterocycles. The molecule has 0 aromatic heterocycles. The zero-order chi connectivity index (χ0) is 5.98. The van der Waals surface area contributed by atoms with Gasteiger partial charge in [-0.2, -0.15) is 0 Å². The summed E-state index contributed by atoms with van der Waals surface area (Å²) in [6.07, 6.45) is 4.01. The minimum Gasteiger partial charge on any atom is -1.00 e. The van der Waals surface area contributed by atoms with Crippen LogP contribution in [0.25, 0.3) is 0 Å². The molecule has 0 amide bonds. The molecule has 3 heteroatoms. The fourth-order valence-electron chi connectivity index (χ4n) is 1.17. The molecular weight excluding hydrogens is 128 g/mol. The Morgan fingerprint density at radius 2 is 1.89 bits per heavy atom. The zero-order valence-corrected chi connectivity index (χ0v) is 6.88. The van der Waals surface area contributed by atoms with Crippen molar-refractivity contribution in [2.24, 2.45) is 5.92 Å². The largest absolute Gasteiger partial charge is 2.00 e. The molecule has 0 bridgehead atoms. The summed E-state index contributed by atoms with van der Waals surface area (Å²) in [6.45, 7) is 0. The second-order valence-electron chi connectivity index (χ2n) is 2.32. The van der Waals surface area contributed by atoms with Crippen molar-refractivity contribution in [1.29, 1.82) is 0 Å². The average Bonchev–Trinajstić information content (AvgIpc) is 2.12. The van der Waals surface area contributed by atoms with Crippen molar-refractivity contribution in [3.05, 3.63) is 0 Å². The van der Waals surface area contributed by atoms with Gasteiger partial charge in [-0.15, -0.1) is 0 Å². The molecule has 1 rings (SSSR count). The molecule has 9 heavy (non-hydrogen) atoms. The molecule has 0 aliphatic heterocycles. The van der Waals surface area contributed by atoms with Crippen LogP contribution in [0, 0.1) is 5.92 Å².